The molecule has 0 aliphatic rings. The molecule has 3 aromatic rings. The summed E-state index contributed by atoms with van der Waals surface area (Å²) < 4.78 is 42.1. The molecule has 0 radical (unpaired) electrons. The molecule has 3 rings (SSSR count). The van der Waals surface area contributed by atoms with E-state index in [0.717, 1.165) is 5.56 Å². The van der Waals surface area contributed by atoms with Gasteiger partial charge in [0, 0.05) is 22.3 Å². The number of alkyl halides is 3. The van der Waals surface area contributed by atoms with Gasteiger partial charge in [-0.05, 0) is 36.6 Å². The molecule has 130 valence electrons. The monoisotopic (exact) mass is 369 g/mol. The van der Waals surface area contributed by atoms with Crippen LogP contribution in [0.5, 0.6) is 0 Å². The molecule has 0 aliphatic carbocycles. The van der Waals surface area contributed by atoms with E-state index in [9.17, 15) is 18.0 Å². The average Bonchev–Trinajstić information content (AvgIpc) is 3.05. The van der Waals surface area contributed by atoms with Crippen molar-refractivity contribution in [3.8, 4) is 11.4 Å². The Labute approximate surface area is 144 Å². The highest BCUT2D eigenvalue weighted by atomic mass is 35.5. The molecule has 0 bridgehead atoms. The Hall–Kier alpha value is -2.61. The summed E-state index contributed by atoms with van der Waals surface area (Å²) in [7, 11) is 0. The number of H-pyrrole nitrogens is 1. The maximum atomic E-state index is 12.6. The molecule has 0 saturated heterocycles. The predicted octanol–water partition coefficient (Wildman–Crippen LogP) is 3.88. The summed E-state index contributed by atoms with van der Waals surface area (Å²) in [5.41, 5.74) is 1.01. The summed E-state index contributed by atoms with van der Waals surface area (Å²) in [6, 6.07) is 8.53. The normalized spacial score (nSPS) is 11.7. The van der Waals surface area contributed by atoms with E-state index in [2.05, 4.69) is 19.6 Å². The van der Waals surface area contributed by atoms with Gasteiger partial charge in [-0.15, -0.1) is 0 Å². The Bertz CT molecular complexity index is 933. The molecule has 2 heterocycles. The van der Waals surface area contributed by atoms with E-state index in [4.69, 9.17) is 11.6 Å². The summed E-state index contributed by atoms with van der Waals surface area (Å²) >= 11 is 5.82. The Kier molecular flexibility index (Phi) is 4.63. The fourth-order valence-corrected chi connectivity index (χ4v) is 2.46. The van der Waals surface area contributed by atoms with Crippen molar-refractivity contribution in [2.75, 3.05) is 0 Å². The van der Waals surface area contributed by atoms with Gasteiger partial charge in [0.25, 0.3) is 5.56 Å². The Morgan fingerprint density at radius 1 is 1.12 bits per heavy atom. The van der Waals surface area contributed by atoms with Crippen molar-refractivity contribution in [2.45, 2.75) is 19.0 Å². The van der Waals surface area contributed by atoms with Crippen molar-refractivity contribution in [2.24, 2.45) is 0 Å². The van der Waals surface area contributed by atoms with Crippen molar-refractivity contribution in [1.29, 1.82) is 0 Å². The fraction of sp³-hybridized carbons (Fsp3) is 0.188. The van der Waals surface area contributed by atoms with Gasteiger partial charge >= 0.3 is 12.1 Å². The highest BCUT2D eigenvalue weighted by Crippen LogP contribution is 2.29. The minimum absolute atomic E-state index is 0.206. The molecule has 25 heavy (non-hydrogen) atoms. The van der Waals surface area contributed by atoms with E-state index in [-0.39, 0.29) is 17.0 Å². The van der Waals surface area contributed by atoms with Crippen molar-refractivity contribution in [3.63, 3.8) is 0 Å². The minimum Gasteiger partial charge on any atom is -0.329 e. The van der Waals surface area contributed by atoms with Crippen LogP contribution in [-0.2, 0) is 19.0 Å². The van der Waals surface area contributed by atoms with Crippen molar-refractivity contribution in [1.82, 2.24) is 15.1 Å². The second-order valence-corrected chi connectivity index (χ2v) is 5.68. The summed E-state index contributed by atoms with van der Waals surface area (Å²) in [6.45, 7) is 0. The number of pyridine rings is 1. The lowest BCUT2D eigenvalue weighted by molar-refractivity contribution is -0.159. The van der Waals surface area contributed by atoms with Crippen LogP contribution in [0.2, 0.25) is 5.02 Å². The van der Waals surface area contributed by atoms with Crippen LogP contribution in [0.25, 0.3) is 11.4 Å². The van der Waals surface area contributed by atoms with E-state index in [1.54, 1.807) is 12.1 Å². The SMILES string of the molecule is O=c1[nH]ccc(-c2noc(C(F)(F)F)n2)c1CCc1ccc(Cl)cc1. The molecule has 0 saturated carbocycles. The van der Waals surface area contributed by atoms with Crippen LogP contribution in [0.1, 0.15) is 17.0 Å². The van der Waals surface area contributed by atoms with E-state index in [0.29, 0.717) is 17.9 Å². The van der Waals surface area contributed by atoms with Gasteiger partial charge in [0.15, 0.2) is 0 Å². The first-order chi connectivity index (χ1) is 11.8. The van der Waals surface area contributed by atoms with Gasteiger partial charge in [0.2, 0.25) is 5.82 Å². The lowest BCUT2D eigenvalue weighted by Crippen LogP contribution is -2.14. The third-order valence-corrected chi connectivity index (χ3v) is 3.80. The zero-order valence-electron chi connectivity index (χ0n) is 12.6. The van der Waals surface area contributed by atoms with Gasteiger partial charge in [0.05, 0.1) is 0 Å². The molecule has 0 fully saturated rings. The fourth-order valence-electron chi connectivity index (χ4n) is 2.34. The summed E-state index contributed by atoms with van der Waals surface area (Å²) in [5.74, 6) is -1.73. The molecule has 0 amide bonds. The molecule has 9 heteroatoms. The highest BCUT2D eigenvalue weighted by molar-refractivity contribution is 6.30. The van der Waals surface area contributed by atoms with Crippen LogP contribution >= 0.6 is 11.6 Å². The van der Waals surface area contributed by atoms with E-state index in [1.807, 2.05) is 12.1 Å². The van der Waals surface area contributed by atoms with Gasteiger partial charge in [-0.25, -0.2) is 0 Å². The van der Waals surface area contributed by atoms with Crippen LogP contribution in [0, 0.1) is 0 Å². The van der Waals surface area contributed by atoms with Crippen molar-refractivity contribution in [3.05, 3.63) is 68.9 Å². The summed E-state index contributed by atoms with van der Waals surface area (Å²) in [4.78, 5) is 18.0. The number of aromatic nitrogens is 3. The Morgan fingerprint density at radius 3 is 2.48 bits per heavy atom. The summed E-state index contributed by atoms with van der Waals surface area (Å²) in [6.07, 6.45) is -2.62. The van der Waals surface area contributed by atoms with Crippen LogP contribution in [0.3, 0.4) is 0 Å². The summed E-state index contributed by atoms with van der Waals surface area (Å²) in [5, 5.41) is 3.94. The zero-order chi connectivity index (χ0) is 18.0. The molecule has 1 N–H and O–H groups in total. The van der Waals surface area contributed by atoms with E-state index < -0.39 is 17.6 Å². The van der Waals surface area contributed by atoms with Gasteiger partial charge in [-0.3, -0.25) is 4.79 Å². The topological polar surface area (TPSA) is 71.8 Å². The van der Waals surface area contributed by atoms with Gasteiger partial charge in [-0.2, -0.15) is 18.2 Å². The second-order valence-electron chi connectivity index (χ2n) is 5.25. The highest BCUT2D eigenvalue weighted by Gasteiger charge is 2.38. The van der Waals surface area contributed by atoms with Crippen LogP contribution in [-0.4, -0.2) is 15.1 Å². The molecule has 0 atom stereocenters. The number of hydrogen-bond acceptors (Lipinski definition) is 4. The predicted molar refractivity (Wildman–Crippen MR) is 84.2 cm³/mol. The molecule has 0 unspecified atom stereocenters. The number of aryl methyl sites for hydroxylation is 1. The largest absolute Gasteiger partial charge is 0.471 e. The Balaban J connectivity index is 1.91. The van der Waals surface area contributed by atoms with Crippen LogP contribution in [0.15, 0.2) is 45.8 Å². The minimum atomic E-state index is -4.74. The molecular weight excluding hydrogens is 359 g/mol. The molecule has 0 spiro atoms. The first kappa shape index (κ1) is 17.2. The quantitative estimate of drug-likeness (QED) is 0.757. The molecule has 0 aliphatic heterocycles. The number of rotatable bonds is 4. The number of nitrogens with zero attached hydrogens (tertiary/aromatic N) is 2. The third-order valence-electron chi connectivity index (χ3n) is 3.55. The Morgan fingerprint density at radius 2 is 1.84 bits per heavy atom. The van der Waals surface area contributed by atoms with Crippen LogP contribution in [0.4, 0.5) is 13.2 Å². The number of nitrogens with one attached hydrogen (secondary N) is 1. The van der Waals surface area contributed by atoms with E-state index in [1.165, 1.54) is 12.3 Å². The molecule has 1 aromatic carbocycles. The second kappa shape index (κ2) is 6.72. The average molecular weight is 370 g/mol. The number of halogens is 4. The van der Waals surface area contributed by atoms with Gasteiger partial charge in [-0.1, -0.05) is 28.9 Å². The smallest absolute Gasteiger partial charge is 0.329 e. The number of aromatic amines is 1. The standard InChI is InChI=1S/C16H11ClF3N3O2/c17-10-4-1-9(2-5-10)3-6-12-11(7-8-21-14(12)24)13-22-15(25-23-13)16(18,19)20/h1-2,4-5,7-8H,3,6H2,(H,21,24). The lowest BCUT2D eigenvalue weighted by atomic mass is 10.0. The molecule has 2 aromatic heterocycles. The number of hydrogen-bond donors (Lipinski definition) is 1. The molecular formula is C16H11ClF3N3O2. The molecule has 5 nitrogen and oxygen atoms in total. The van der Waals surface area contributed by atoms with Gasteiger partial charge in [0.1, 0.15) is 0 Å². The number of benzene rings is 1. The maximum Gasteiger partial charge on any atom is 0.471 e. The van der Waals surface area contributed by atoms with E-state index >= 15 is 0 Å². The van der Waals surface area contributed by atoms with Crippen molar-refractivity contribution < 1.29 is 17.7 Å². The zero-order valence-corrected chi connectivity index (χ0v) is 13.4. The first-order valence-corrected chi connectivity index (χ1v) is 7.58. The van der Waals surface area contributed by atoms with Gasteiger partial charge < -0.3 is 9.51 Å². The van der Waals surface area contributed by atoms with Crippen LogP contribution < -0.4 is 5.56 Å². The first-order valence-electron chi connectivity index (χ1n) is 7.21. The third kappa shape index (κ3) is 3.90. The maximum absolute atomic E-state index is 12.6. The lowest BCUT2D eigenvalue weighted by Gasteiger charge is -2.06. The van der Waals surface area contributed by atoms with Crippen molar-refractivity contribution >= 4 is 11.6 Å².